The molecule has 4 rings (SSSR count). The van der Waals surface area contributed by atoms with E-state index in [1.54, 1.807) is 24.4 Å². The van der Waals surface area contributed by atoms with Crippen LogP contribution in [0.25, 0.3) is 20.4 Å². The first-order valence-electron chi connectivity index (χ1n) is 8.92. The lowest BCUT2D eigenvalue weighted by atomic mass is 10.2. The van der Waals surface area contributed by atoms with Crippen molar-refractivity contribution in [1.82, 2.24) is 14.5 Å². The van der Waals surface area contributed by atoms with Crippen molar-refractivity contribution in [2.75, 3.05) is 12.4 Å². The average Bonchev–Trinajstić information content (AvgIpc) is 3.10. The van der Waals surface area contributed by atoms with E-state index in [9.17, 15) is 9.59 Å². The number of halogens is 1. The van der Waals surface area contributed by atoms with Gasteiger partial charge in [-0.1, -0.05) is 18.5 Å². The van der Waals surface area contributed by atoms with Gasteiger partial charge in [-0.2, -0.15) is 0 Å². The molecule has 0 saturated carbocycles. The van der Waals surface area contributed by atoms with Crippen molar-refractivity contribution in [3.8, 4) is 5.75 Å². The summed E-state index contributed by atoms with van der Waals surface area (Å²) >= 11 is 7.32. The van der Waals surface area contributed by atoms with E-state index >= 15 is 0 Å². The molecule has 0 aliphatic heterocycles. The number of hydrogen-bond acceptors (Lipinski definition) is 6. The fourth-order valence-electron chi connectivity index (χ4n) is 3.21. The van der Waals surface area contributed by atoms with Crippen LogP contribution in [0.2, 0.25) is 5.02 Å². The Labute approximate surface area is 174 Å². The Bertz CT molecular complexity index is 1280. The zero-order chi connectivity index (χ0) is 20.5. The number of fused-ring (bicyclic) bond motifs is 3. The lowest BCUT2D eigenvalue weighted by molar-refractivity contribution is -0.119. The molecule has 148 valence electrons. The van der Waals surface area contributed by atoms with Gasteiger partial charge in [0.25, 0.3) is 5.56 Å². The van der Waals surface area contributed by atoms with Crippen molar-refractivity contribution in [3.05, 3.63) is 58.2 Å². The van der Waals surface area contributed by atoms with Crippen LogP contribution in [0.4, 0.5) is 5.69 Å². The highest BCUT2D eigenvalue weighted by Gasteiger charge is 2.23. The highest BCUT2D eigenvalue weighted by atomic mass is 35.5. The molecule has 29 heavy (non-hydrogen) atoms. The summed E-state index contributed by atoms with van der Waals surface area (Å²) < 4.78 is 7.12. The largest absolute Gasteiger partial charge is 0.495 e. The van der Waals surface area contributed by atoms with Gasteiger partial charge in [0.1, 0.15) is 21.3 Å². The third-order valence-corrected chi connectivity index (χ3v) is 5.95. The molecule has 0 bridgehead atoms. The molecule has 0 fully saturated rings. The molecule has 1 atom stereocenters. The fraction of sp³-hybridized carbons (Fsp3) is 0.200. The molecule has 9 heteroatoms. The Kier molecular flexibility index (Phi) is 5.21. The van der Waals surface area contributed by atoms with Crippen molar-refractivity contribution >= 4 is 55.0 Å². The standard InChI is InChI=1S/C20H17ClN4O3S/c1-3-14(18(26)24-13-9-11(21)6-7-15(13)28-2)25-10-23-16-12-5-4-8-22-19(12)29-17(16)20(25)27/h4-10,14H,3H2,1-2H3,(H,24,26). The molecule has 3 aromatic heterocycles. The molecule has 0 radical (unpaired) electrons. The number of nitrogens with one attached hydrogen (secondary N) is 1. The molecular weight excluding hydrogens is 412 g/mol. The number of hydrogen-bond donors (Lipinski definition) is 1. The van der Waals surface area contributed by atoms with Crippen LogP contribution < -0.4 is 15.6 Å². The maximum Gasteiger partial charge on any atom is 0.272 e. The molecule has 3 heterocycles. The number of anilines is 1. The first kappa shape index (κ1) is 19.4. The predicted molar refractivity (Wildman–Crippen MR) is 115 cm³/mol. The predicted octanol–water partition coefficient (Wildman–Crippen LogP) is 4.26. The van der Waals surface area contributed by atoms with Gasteiger partial charge in [-0.3, -0.25) is 14.2 Å². The molecule has 7 nitrogen and oxygen atoms in total. The maximum atomic E-state index is 13.1. The van der Waals surface area contributed by atoms with Gasteiger partial charge in [0.2, 0.25) is 5.91 Å². The van der Waals surface area contributed by atoms with E-state index < -0.39 is 6.04 Å². The molecule has 1 unspecified atom stereocenters. The van der Waals surface area contributed by atoms with Crippen molar-refractivity contribution < 1.29 is 9.53 Å². The third-order valence-electron chi connectivity index (χ3n) is 4.62. The van der Waals surface area contributed by atoms with Gasteiger partial charge in [-0.05, 0) is 36.8 Å². The van der Waals surface area contributed by atoms with Crippen molar-refractivity contribution in [2.24, 2.45) is 0 Å². The number of amides is 1. The second-order valence-electron chi connectivity index (χ2n) is 6.35. The normalized spacial score (nSPS) is 12.2. The minimum atomic E-state index is -0.735. The molecule has 1 N–H and O–H groups in total. The van der Waals surface area contributed by atoms with E-state index in [2.05, 4.69) is 15.3 Å². The first-order valence-corrected chi connectivity index (χ1v) is 10.1. The molecule has 0 saturated heterocycles. The molecular formula is C20H17ClN4O3S. The Hall–Kier alpha value is -2.97. The van der Waals surface area contributed by atoms with Crippen LogP contribution in [0.5, 0.6) is 5.75 Å². The molecule has 0 aliphatic carbocycles. The number of pyridine rings is 1. The Morgan fingerprint density at radius 3 is 2.93 bits per heavy atom. The number of carbonyl (C=O) groups is 1. The maximum absolute atomic E-state index is 13.1. The van der Waals surface area contributed by atoms with Crippen LogP contribution in [-0.4, -0.2) is 27.6 Å². The van der Waals surface area contributed by atoms with E-state index in [0.717, 1.165) is 10.2 Å². The van der Waals surface area contributed by atoms with Gasteiger partial charge in [-0.15, -0.1) is 11.3 Å². The lowest BCUT2D eigenvalue weighted by Gasteiger charge is -2.18. The van der Waals surface area contributed by atoms with Crippen molar-refractivity contribution in [1.29, 1.82) is 0 Å². The molecule has 4 aromatic rings. The van der Waals surface area contributed by atoms with Gasteiger partial charge < -0.3 is 10.1 Å². The monoisotopic (exact) mass is 428 g/mol. The Morgan fingerprint density at radius 1 is 1.34 bits per heavy atom. The summed E-state index contributed by atoms with van der Waals surface area (Å²) in [4.78, 5) is 35.6. The van der Waals surface area contributed by atoms with E-state index in [1.165, 1.54) is 29.3 Å². The Morgan fingerprint density at radius 2 is 2.17 bits per heavy atom. The van der Waals surface area contributed by atoms with Crippen molar-refractivity contribution in [2.45, 2.75) is 19.4 Å². The van der Waals surface area contributed by atoms with Gasteiger partial charge in [0, 0.05) is 16.6 Å². The van der Waals surface area contributed by atoms with Crippen LogP contribution in [0.15, 0.2) is 47.7 Å². The molecule has 1 amide bonds. The van der Waals surface area contributed by atoms with Gasteiger partial charge >= 0.3 is 0 Å². The highest BCUT2D eigenvalue weighted by Crippen LogP contribution is 2.30. The summed E-state index contributed by atoms with van der Waals surface area (Å²) in [5.41, 5.74) is 0.778. The van der Waals surface area contributed by atoms with Gasteiger partial charge in [0.05, 0.1) is 24.6 Å². The highest BCUT2D eigenvalue weighted by molar-refractivity contribution is 7.25. The SMILES string of the molecule is CCC(C(=O)Nc1cc(Cl)ccc1OC)n1cnc2c(sc3ncccc32)c1=O. The fourth-order valence-corrected chi connectivity index (χ4v) is 4.41. The van der Waals surface area contributed by atoms with Crippen LogP contribution in [0, 0.1) is 0 Å². The van der Waals surface area contributed by atoms with E-state index in [4.69, 9.17) is 16.3 Å². The first-order chi connectivity index (χ1) is 14.0. The average molecular weight is 429 g/mol. The smallest absolute Gasteiger partial charge is 0.272 e. The number of nitrogens with zero attached hydrogens (tertiary/aromatic N) is 3. The van der Waals surface area contributed by atoms with Gasteiger partial charge in [0.15, 0.2) is 0 Å². The van der Waals surface area contributed by atoms with E-state index in [1.807, 2.05) is 19.1 Å². The minimum absolute atomic E-state index is 0.266. The second-order valence-corrected chi connectivity index (χ2v) is 7.79. The number of methoxy groups -OCH3 is 1. The van der Waals surface area contributed by atoms with E-state index in [0.29, 0.717) is 33.1 Å². The number of carbonyl (C=O) groups excluding carboxylic acids is 1. The zero-order valence-electron chi connectivity index (χ0n) is 15.7. The molecule has 0 spiro atoms. The number of benzene rings is 1. The summed E-state index contributed by atoms with van der Waals surface area (Å²) in [6.45, 7) is 1.84. The Balaban J connectivity index is 1.74. The number of thiophene rings is 1. The van der Waals surface area contributed by atoms with Crippen molar-refractivity contribution in [3.63, 3.8) is 0 Å². The molecule has 0 aliphatic rings. The van der Waals surface area contributed by atoms with E-state index in [-0.39, 0.29) is 11.5 Å². The minimum Gasteiger partial charge on any atom is -0.495 e. The topological polar surface area (TPSA) is 86.1 Å². The summed E-state index contributed by atoms with van der Waals surface area (Å²) in [6, 6.07) is 7.90. The summed E-state index contributed by atoms with van der Waals surface area (Å²) in [5.74, 6) is 0.129. The summed E-state index contributed by atoms with van der Waals surface area (Å²) in [6.07, 6.45) is 3.51. The number of aromatic nitrogens is 3. The number of ether oxygens (including phenoxy) is 1. The lowest BCUT2D eigenvalue weighted by Crippen LogP contribution is -2.33. The molecule has 1 aromatic carbocycles. The van der Waals surface area contributed by atoms with Gasteiger partial charge in [-0.25, -0.2) is 9.97 Å². The third kappa shape index (κ3) is 3.45. The van der Waals surface area contributed by atoms with Crippen LogP contribution in [-0.2, 0) is 4.79 Å². The number of rotatable bonds is 5. The second kappa shape index (κ2) is 7.81. The quantitative estimate of drug-likeness (QED) is 0.513. The van der Waals surface area contributed by atoms with Crippen LogP contribution in [0.3, 0.4) is 0 Å². The summed E-state index contributed by atoms with van der Waals surface area (Å²) in [5, 5.41) is 4.11. The van der Waals surface area contributed by atoms with Crippen LogP contribution in [0.1, 0.15) is 19.4 Å². The zero-order valence-corrected chi connectivity index (χ0v) is 17.3. The summed E-state index contributed by atoms with van der Waals surface area (Å²) in [7, 11) is 1.51. The van der Waals surface area contributed by atoms with Crippen LogP contribution >= 0.6 is 22.9 Å².